The van der Waals surface area contributed by atoms with Gasteiger partial charge in [-0.25, -0.2) is 0 Å². The van der Waals surface area contributed by atoms with Crippen LogP contribution >= 0.6 is 0 Å². The maximum Gasteiger partial charge on any atom is 0.233 e. The molecule has 0 aliphatic carbocycles. The van der Waals surface area contributed by atoms with Crippen molar-refractivity contribution in [3.63, 3.8) is 0 Å². The molecule has 0 aliphatic rings. The molecule has 3 rings (SSSR count). The molecule has 0 amide bonds. The molecular weight excluding hydrogens is 512 g/mol. The molecule has 1 atom stereocenters. The van der Waals surface area contributed by atoms with E-state index in [1.54, 1.807) is 55.6 Å². The number of nitrogens with one attached hydrogen (secondary N) is 3. The van der Waals surface area contributed by atoms with Crippen LogP contribution in [0.25, 0.3) is 0 Å². The van der Waals surface area contributed by atoms with E-state index < -0.39 is 14.1 Å². The second-order valence-corrected chi connectivity index (χ2v) is 14.8. The van der Waals surface area contributed by atoms with Gasteiger partial charge >= 0.3 is 0 Å². The van der Waals surface area contributed by atoms with Gasteiger partial charge in [0, 0.05) is 42.6 Å². The number of rotatable bonds is 14. The predicted octanol–water partition coefficient (Wildman–Crippen LogP) is 6.17. The van der Waals surface area contributed by atoms with E-state index in [0.717, 1.165) is 17.8 Å². The standard InChI is InChI=1S/C28H38N6O4Si/c1-19(35)21-9-13-23(14-10-21)30-26-32-25(29-18-8-17-28(3,37-4)38-39(5,6)7)33-27(34-26)31-24-15-11-22(12-16-24)20(2)36/h9-16H,8,17-18H2,1-7H3,(H3,29,30,31,32,33,34). The van der Waals surface area contributed by atoms with Crippen LogP contribution < -0.4 is 16.0 Å². The number of Topliss-reactive ketones (excluding diaryl/α,β-unsaturated/α-hetero) is 2. The summed E-state index contributed by atoms with van der Waals surface area (Å²) in [5.41, 5.74) is 2.70. The molecule has 10 nitrogen and oxygen atoms in total. The average Bonchev–Trinajstić information content (AvgIpc) is 2.86. The van der Waals surface area contributed by atoms with Crippen LogP contribution in [0.5, 0.6) is 0 Å². The largest absolute Gasteiger partial charge is 0.391 e. The zero-order chi connectivity index (χ0) is 28.6. The van der Waals surface area contributed by atoms with Gasteiger partial charge in [-0.15, -0.1) is 0 Å². The van der Waals surface area contributed by atoms with E-state index in [4.69, 9.17) is 9.16 Å². The lowest BCUT2D eigenvalue weighted by Gasteiger charge is -2.35. The van der Waals surface area contributed by atoms with Gasteiger partial charge in [0.15, 0.2) is 25.7 Å². The van der Waals surface area contributed by atoms with Crippen molar-refractivity contribution < 1.29 is 18.8 Å². The van der Waals surface area contributed by atoms with Crippen molar-refractivity contribution in [2.24, 2.45) is 0 Å². The molecule has 0 saturated carbocycles. The van der Waals surface area contributed by atoms with Crippen LogP contribution in [0.1, 0.15) is 54.3 Å². The van der Waals surface area contributed by atoms with Crippen LogP contribution in [0, 0.1) is 0 Å². The van der Waals surface area contributed by atoms with Crippen LogP contribution in [-0.4, -0.2) is 54.3 Å². The summed E-state index contributed by atoms with van der Waals surface area (Å²) in [5.74, 6) is 0.388. The van der Waals surface area contributed by atoms with Gasteiger partial charge in [0.25, 0.3) is 0 Å². The Labute approximate surface area is 231 Å². The number of ether oxygens (including phenoxy) is 1. The summed E-state index contributed by atoms with van der Waals surface area (Å²) in [6, 6.07) is 14.2. The van der Waals surface area contributed by atoms with Crippen molar-refractivity contribution >= 4 is 49.1 Å². The highest BCUT2D eigenvalue weighted by Gasteiger charge is 2.31. The van der Waals surface area contributed by atoms with Gasteiger partial charge in [0.2, 0.25) is 17.8 Å². The molecule has 3 N–H and O–H groups in total. The molecule has 208 valence electrons. The predicted molar refractivity (Wildman–Crippen MR) is 157 cm³/mol. The number of hydrogen-bond donors (Lipinski definition) is 3. The fourth-order valence-electron chi connectivity index (χ4n) is 3.85. The molecule has 1 aromatic heterocycles. The molecule has 11 heteroatoms. The van der Waals surface area contributed by atoms with Gasteiger partial charge in [-0.05, 0) is 95.4 Å². The molecule has 3 aromatic rings. The fraction of sp³-hybridized carbons (Fsp3) is 0.393. The molecular formula is C28H38N6O4Si. The Morgan fingerprint density at radius 3 is 1.62 bits per heavy atom. The second-order valence-electron chi connectivity index (χ2n) is 10.4. The monoisotopic (exact) mass is 550 g/mol. The first-order chi connectivity index (χ1) is 18.4. The van der Waals surface area contributed by atoms with Gasteiger partial charge in [0.1, 0.15) is 0 Å². The SMILES string of the molecule is COC(C)(CCCNc1nc(Nc2ccc(C(C)=O)cc2)nc(Nc2ccc(C(C)=O)cc2)n1)O[Si](C)(C)C. The van der Waals surface area contributed by atoms with E-state index in [1.165, 1.54) is 13.8 Å². The number of carbonyl (C=O) groups excluding carboxylic acids is 2. The van der Waals surface area contributed by atoms with Crippen molar-refractivity contribution in [1.82, 2.24) is 15.0 Å². The minimum absolute atomic E-state index is 0.00436. The number of ketones is 2. The summed E-state index contributed by atoms with van der Waals surface area (Å²) >= 11 is 0. The maximum absolute atomic E-state index is 11.6. The molecule has 0 radical (unpaired) electrons. The zero-order valence-corrected chi connectivity index (χ0v) is 24.7. The first kappa shape index (κ1) is 29.9. The van der Waals surface area contributed by atoms with Gasteiger partial charge in [0.05, 0.1) is 0 Å². The summed E-state index contributed by atoms with van der Waals surface area (Å²) in [6.45, 7) is 12.0. The highest BCUT2D eigenvalue weighted by atomic mass is 28.4. The zero-order valence-electron chi connectivity index (χ0n) is 23.7. The van der Waals surface area contributed by atoms with Gasteiger partial charge < -0.3 is 25.1 Å². The van der Waals surface area contributed by atoms with Crippen molar-refractivity contribution in [2.75, 3.05) is 29.6 Å². The van der Waals surface area contributed by atoms with E-state index in [2.05, 4.69) is 50.5 Å². The minimum atomic E-state index is -1.78. The van der Waals surface area contributed by atoms with Crippen molar-refractivity contribution in [2.45, 2.75) is 59.0 Å². The number of benzene rings is 2. The van der Waals surface area contributed by atoms with Crippen molar-refractivity contribution in [3.8, 4) is 0 Å². The third-order valence-corrected chi connectivity index (χ3v) is 6.82. The molecule has 1 heterocycles. The molecule has 0 bridgehead atoms. The second kappa shape index (κ2) is 12.9. The van der Waals surface area contributed by atoms with Gasteiger partial charge in [-0.3, -0.25) is 9.59 Å². The average molecular weight is 551 g/mol. The molecule has 0 fully saturated rings. The van der Waals surface area contributed by atoms with Gasteiger partial charge in [-0.1, -0.05) is 0 Å². The highest BCUT2D eigenvalue weighted by molar-refractivity contribution is 6.69. The Morgan fingerprint density at radius 2 is 1.23 bits per heavy atom. The molecule has 1 unspecified atom stereocenters. The Hall–Kier alpha value is -3.67. The first-order valence-corrected chi connectivity index (χ1v) is 16.3. The van der Waals surface area contributed by atoms with Gasteiger partial charge in [-0.2, -0.15) is 15.0 Å². The molecule has 0 saturated heterocycles. The fourth-order valence-corrected chi connectivity index (χ4v) is 5.33. The van der Waals surface area contributed by atoms with E-state index in [9.17, 15) is 9.59 Å². The van der Waals surface area contributed by atoms with Crippen LogP contribution in [-0.2, 0) is 9.16 Å². The minimum Gasteiger partial charge on any atom is -0.391 e. The lowest BCUT2D eigenvalue weighted by Crippen LogP contribution is -2.42. The molecule has 2 aromatic carbocycles. The Morgan fingerprint density at radius 1 is 0.795 bits per heavy atom. The van der Waals surface area contributed by atoms with E-state index >= 15 is 0 Å². The van der Waals surface area contributed by atoms with E-state index in [0.29, 0.717) is 41.9 Å². The van der Waals surface area contributed by atoms with Crippen LogP contribution in [0.2, 0.25) is 19.6 Å². The summed E-state index contributed by atoms with van der Waals surface area (Å²) in [5, 5.41) is 9.63. The molecule has 39 heavy (non-hydrogen) atoms. The lowest BCUT2D eigenvalue weighted by molar-refractivity contribution is -0.160. The quantitative estimate of drug-likeness (QED) is 0.0928. The summed E-state index contributed by atoms with van der Waals surface area (Å²) in [7, 11) is -0.111. The van der Waals surface area contributed by atoms with Crippen LogP contribution in [0.3, 0.4) is 0 Å². The Balaban J connectivity index is 1.76. The summed E-state index contributed by atoms with van der Waals surface area (Å²) in [6.07, 6.45) is 1.47. The normalized spacial score (nSPS) is 12.9. The summed E-state index contributed by atoms with van der Waals surface area (Å²) in [4.78, 5) is 36.8. The third kappa shape index (κ3) is 9.54. The van der Waals surface area contributed by atoms with Crippen molar-refractivity contribution in [1.29, 1.82) is 0 Å². The van der Waals surface area contributed by atoms with Crippen molar-refractivity contribution in [3.05, 3.63) is 59.7 Å². The maximum atomic E-state index is 11.6. The number of carbonyl (C=O) groups is 2. The number of methoxy groups -OCH3 is 1. The number of anilines is 5. The van der Waals surface area contributed by atoms with Crippen LogP contribution in [0.4, 0.5) is 29.2 Å². The Bertz CT molecular complexity index is 1200. The summed E-state index contributed by atoms with van der Waals surface area (Å²) < 4.78 is 11.9. The Kier molecular flexibility index (Phi) is 9.90. The third-order valence-electron chi connectivity index (χ3n) is 5.78. The first-order valence-electron chi connectivity index (χ1n) is 12.9. The topological polar surface area (TPSA) is 127 Å². The lowest BCUT2D eigenvalue weighted by atomic mass is 10.1. The molecule has 0 aliphatic heterocycles. The van der Waals surface area contributed by atoms with E-state index in [-0.39, 0.29) is 11.6 Å². The number of nitrogens with zero attached hydrogens (tertiary/aromatic N) is 3. The van der Waals surface area contributed by atoms with E-state index in [1.807, 2.05) is 6.92 Å². The van der Waals surface area contributed by atoms with Crippen LogP contribution in [0.15, 0.2) is 48.5 Å². The highest BCUT2D eigenvalue weighted by Crippen LogP contribution is 2.24. The smallest absolute Gasteiger partial charge is 0.233 e. The number of hydrogen-bond acceptors (Lipinski definition) is 10. The number of aromatic nitrogens is 3. The molecule has 0 spiro atoms.